The van der Waals surface area contributed by atoms with Crippen molar-refractivity contribution >= 4 is 11.8 Å². The van der Waals surface area contributed by atoms with E-state index in [0.717, 1.165) is 61.5 Å². The molecule has 0 spiro atoms. The minimum Gasteiger partial charge on any atom is -0.488 e. The first kappa shape index (κ1) is 25.5. The minimum absolute atomic E-state index is 0.0754. The first-order valence-electron chi connectivity index (χ1n) is 12.9. The molecule has 1 fully saturated rings. The lowest BCUT2D eigenvalue weighted by atomic mass is 10.1. The summed E-state index contributed by atoms with van der Waals surface area (Å²) in [6, 6.07) is 11.1. The van der Waals surface area contributed by atoms with Crippen molar-refractivity contribution in [3.05, 3.63) is 53.2 Å². The van der Waals surface area contributed by atoms with Crippen LogP contribution in [0, 0.1) is 0 Å². The largest absolute Gasteiger partial charge is 0.488 e. The van der Waals surface area contributed by atoms with E-state index in [0.29, 0.717) is 19.7 Å². The van der Waals surface area contributed by atoms with E-state index in [4.69, 9.17) is 14.5 Å². The fourth-order valence-corrected chi connectivity index (χ4v) is 4.87. The number of benzene rings is 1. The molecule has 2 N–H and O–H groups in total. The molecule has 1 aromatic carbocycles. The molecule has 0 amide bonds. The number of hydrogen-bond donors (Lipinski definition) is 2. The lowest BCUT2D eigenvalue weighted by molar-refractivity contribution is -0.143. The highest BCUT2D eigenvalue weighted by molar-refractivity contribution is 5.75. The topological polar surface area (TPSA) is 83.9 Å². The fraction of sp³-hybridized carbons (Fsp3) is 0.571. The molecular formula is C28H39N3O4. The lowest BCUT2D eigenvalue weighted by Gasteiger charge is -2.25. The number of nitrogens with one attached hydrogen (secondary N) is 1. The number of rotatable bonds is 10. The van der Waals surface area contributed by atoms with Gasteiger partial charge in [0.1, 0.15) is 23.2 Å². The van der Waals surface area contributed by atoms with Crippen molar-refractivity contribution in [2.75, 3.05) is 31.6 Å². The molecule has 35 heavy (non-hydrogen) atoms. The van der Waals surface area contributed by atoms with Crippen LogP contribution in [0.3, 0.4) is 0 Å². The molecule has 0 aliphatic carbocycles. The number of aromatic nitrogens is 1. The van der Waals surface area contributed by atoms with Crippen molar-refractivity contribution in [2.24, 2.45) is 0 Å². The normalized spacial score (nSPS) is 19.1. The van der Waals surface area contributed by atoms with Crippen LogP contribution in [-0.4, -0.2) is 58.9 Å². The molecule has 4 rings (SSSR count). The third-order valence-corrected chi connectivity index (χ3v) is 6.53. The summed E-state index contributed by atoms with van der Waals surface area (Å²) in [7, 11) is 0. The zero-order valence-electron chi connectivity index (χ0n) is 21.3. The van der Waals surface area contributed by atoms with Crippen molar-refractivity contribution in [3.63, 3.8) is 0 Å². The zero-order valence-corrected chi connectivity index (χ0v) is 21.3. The first-order chi connectivity index (χ1) is 16.8. The molecule has 2 atom stereocenters. The Morgan fingerprint density at radius 1 is 1.20 bits per heavy atom. The fourth-order valence-electron chi connectivity index (χ4n) is 4.87. The number of hydrogen-bond acceptors (Lipinski definition) is 6. The number of pyridine rings is 1. The number of carboxylic acid groups (broad SMARTS) is 1. The van der Waals surface area contributed by atoms with Crippen molar-refractivity contribution < 1.29 is 19.4 Å². The number of aliphatic carboxylic acids is 1. The monoisotopic (exact) mass is 481 g/mol. The highest BCUT2D eigenvalue weighted by Gasteiger charge is 2.34. The first-order valence-corrected chi connectivity index (χ1v) is 12.9. The second-order valence-corrected chi connectivity index (χ2v) is 10.6. The Hall–Kier alpha value is -2.64. The quantitative estimate of drug-likeness (QED) is 0.469. The Morgan fingerprint density at radius 3 is 2.74 bits per heavy atom. The summed E-state index contributed by atoms with van der Waals surface area (Å²) in [6.07, 6.45) is 6.17. The molecule has 0 radical (unpaired) electrons. The maximum absolute atomic E-state index is 12.1. The third-order valence-electron chi connectivity index (χ3n) is 6.53. The van der Waals surface area contributed by atoms with E-state index >= 15 is 0 Å². The minimum atomic E-state index is -0.831. The second kappa shape index (κ2) is 11.4. The van der Waals surface area contributed by atoms with Crippen LogP contribution >= 0.6 is 0 Å². The number of carboxylic acids is 1. The van der Waals surface area contributed by atoms with E-state index in [2.05, 4.69) is 17.4 Å². The lowest BCUT2D eigenvalue weighted by Crippen LogP contribution is -2.33. The number of nitrogens with zero attached hydrogens (tertiary/aromatic N) is 2. The molecule has 2 unspecified atom stereocenters. The number of ether oxygens (including phenoxy) is 2. The van der Waals surface area contributed by atoms with Crippen molar-refractivity contribution in [3.8, 4) is 5.75 Å². The predicted molar refractivity (Wildman–Crippen MR) is 137 cm³/mol. The number of aryl methyl sites for hydroxylation is 2. The molecule has 7 heteroatoms. The van der Waals surface area contributed by atoms with Crippen LogP contribution in [0.4, 0.5) is 5.82 Å². The van der Waals surface area contributed by atoms with Gasteiger partial charge in [-0.1, -0.05) is 18.2 Å². The van der Waals surface area contributed by atoms with Gasteiger partial charge in [0, 0.05) is 31.9 Å². The van der Waals surface area contributed by atoms with Gasteiger partial charge >= 0.3 is 5.97 Å². The van der Waals surface area contributed by atoms with Crippen molar-refractivity contribution in [2.45, 2.75) is 77.0 Å². The van der Waals surface area contributed by atoms with Crippen LogP contribution in [0.1, 0.15) is 69.3 Å². The van der Waals surface area contributed by atoms with Crippen LogP contribution < -0.4 is 10.1 Å². The van der Waals surface area contributed by atoms with Gasteiger partial charge in [-0.25, -0.2) is 4.98 Å². The van der Waals surface area contributed by atoms with Crippen molar-refractivity contribution in [1.82, 2.24) is 9.88 Å². The van der Waals surface area contributed by atoms with Gasteiger partial charge in [0.15, 0.2) is 0 Å². The summed E-state index contributed by atoms with van der Waals surface area (Å²) in [5.41, 5.74) is 2.93. The number of likely N-dealkylation sites (tertiary alicyclic amines) is 1. The highest BCUT2D eigenvalue weighted by atomic mass is 16.5. The summed E-state index contributed by atoms with van der Waals surface area (Å²) >= 11 is 0. The average Bonchev–Trinajstić information content (AvgIpc) is 3.27. The highest BCUT2D eigenvalue weighted by Crippen LogP contribution is 2.29. The van der Waals surface area contributed by atoms with E-state index in [1.54, 1.807) is 0 Å². The third kappa shape index (κ3) is 7.18. The maximum atomic E-state index is 12.1. The van der Waals surface area contributed by atoms with Crippen LogP contribution in [0.5, 0.6) is 5.75 Å². The molecule has 1 aromatic heterocycles. The number of carbonyl (C=O) groups is 1. The molecule has 190 valence electrons. The second-order valence-electron chi connectivity index (χ2n) is 10.6. The van der Waals surface area contributed by atoms with Gasteiger partial charge in [-0.15, -0.1) is 0 Å². The van der Waals surface area contributed by atoms with Gasteiger partial charge in [-0.05, 0) is 88.6 Å². The zero-order chi connectivity index (χ0) is 24.8. The molecule has 7 nitrogen and oxygen atoms in total. The van der Waals surface area contributed by atoms with Gasteiger partial charge in [0.25, 0.3) is 0 Å². The Bertz CT molecular complexity index is 987. The molecular weight excluding hydrogens is 442 g/mol. The summed E-state index contributed by atoms with van der Waals surface area (Å²) in [5, 5.41) is 13.3. The van der Waals surface area contributed by atoms with E-state index in [1.165, 1.54) is 12.0 Å². The summed E-state index contributed by atoms with van der Waals surface area (Å²) in [6.45, 7) is 9.03. The number of fused-ring (bicyclic) bond motifs is 1. The Balaban J connectivity index is 1.21. The van der Waals surface area contributed by atoms with Gasteiger partial charge in [-0.3, -0.25) is 9.69 Å². The van der Waals surface area contributed by atoms with E-state index in [9.17, 15) is 9.90 Å². The van der Waals surface area contributed by atoms with E-state index < -0.39 is 12.0 Å². The van der Waals surface area contributed by atoms with Crippen LogP contribution in [-0.2, 0) is 22.4 Å². The Labute approximate surface area is 208 Å². The standard InChI is InChI=1S/C28H39N3O4/c1-28(2,3)35-23-13-10-20(11-14-23)25(27(32)33)31-17-15-24(19-31)34-18-5-4-8-22-12-9-21-7-6-16-29-26(21)30-22/h9-14,24-25H,4-8,15-19H2,1-3H3,(H,29,30)(H,32,33). The Kier molecular flexibility index (Phi) is 8.29. The maximum Gasteiger partial charge on any atom is 0.325 e. The number of anilines is 1. The molecule has 2 aliphatic rings. The predicted octanol–water partition coefficient (Wildman–Crippen LogP) is 4.86. The smallest absolute Gasteiger partial charge is 0.325 e. The van der Waals surface area contributed by atoms with Gasteiger partial charge < -0.3 is 19.9 Å². The summed E-state index contributed by atoms with van der Waals surface area (Å²) < 4.78 is 12.0. The molecule has 0 saturated carbocycles. The van der Waals surface area contributed by atoms with Gasteiger partial charge in [-0.2, -0.15) is 0 Å². The molecule has 2 aromatic rings. The Morgan fingerprint density at radius 2 is 2.00 bits per heavy atom. The van der Waals surface area contributed by atoms with E-state index in [1.807, 2.05) is 49.9 Å². The van der Waals surface area contributed by atoms with Crippen LogP contribution in [0.2, 0.25) is 0 Å². The number of unbranched alkanes of at least 4 members (excludes halogenated alkanes) is 1. The molecule has 0 bridgehead atoms. The SMILES string of the molecule is CC(C)(C)Oc1ccc(C(C(=O)O)N2CCC(OCCCCc3ccc4c(n3)NCCC4)C2)cc1. The summed E-state index contributed by atoms with van der Waals surface area (Å²) in [4.78, 5) is 18.9. The van der Waals surface area contributed by atoms with Crippen molar-refractivity contribution in [1.29, 1.82) is 0 Å². The summed E-state index contributed by atoms with van der Waals surface area (Å²) in [5.74, 6) is 0.970. The molecule has 1 saturated heterocycles. The van der Waals surface area contributed by atoms with Gasteiger partial charge in [0.2, 0.25) is 0 Å². The van der Waals surface area contributed by atoms with Crippen LogP contribution in [0.15, 0.2) is 36.4 Å². The molecule has 3 heterocycles. The molecule has 2 aliphatic heterocycles. The van der Waals surface area contributed by atoms with E-state index in [-0.39, 0.29) is 11.7 Å². The average molecular weight is 482 g/mol. The van der Waals surface area contributed by atoms with Crippen LogP contribution in [0.25, 0.3) is 0 Å². The van der Waals surface area contributed by atoms with Gasteiger partial charge in [0.05, 0.1) is 6.10 Å².